The number of amides is 2. The molecule has 0 spiro atoms. The van der Waals surface area contributed by atoms with Crippen LogP contribution in [0.3, 0.4) is 0 Å². The van der Waals surface area contributed by atoms with Gasteiger partial charge in [-0.05, 0) is 55.5 Å². The second-order valence-electron chi connectivity index (χ2n) is 5.97. The molecule has 2 amide bonds. The third-order valence-corrected chi connectivity index (χ3v) is 3.98. The molecule has 0 saturated carbocycles. The van der Waals surface area contributed by atoms with Gasteiger partial charge in [0.15, 0.2) is 0 Å². The average Bonchev–Trinajstić information content (AvgIpc) is 2.57. The van der Waals surface area contributed by atoms with Crippen molar-refractivity contribution in [2.75, 3.05) is 19.7 Å². The first-order chi connectivity index (χ1) is 11.6. The summed E-state index contributed by atoms with van der Waals surface area (Å²) in [7, 11) is 0. The first-order valence-corrected chi connectivity index (χ1v) is 8.32. The highest BCUT2D eigenvalue weighted by Crippen LogP contribution is 2.22. The number of carbonyl (C=O) groups excluding carboxylic acids is 1. The van der Waals surface area contributed by atoms with Gasteiger partial charge >= 0.3 is 6.03 Å². The van der Waals surface area contributed by atoms with E-state index in [0.717, 1.165) is 17.7 Å². The first kappa shape index (κ1) is 17.9. The normalized spacial score (nSPS) is 10.3. The van der Waals surface area contributed by atoms with Gasteiger partial charge in [0.25, 0.3) is 0 Å². The largest absolute Gasteiger partial charge is 0.491 e. The number of carbonyl (C=O) groups is 1. The summed E-state index contributed by atoms with van der Waals surface area (Å²) in [5.41, 5.74) is 4.80. The van der Waals surface area contributed by atoms with Crippen LogP contribution in [0, 0.1) is 20.8 Å². The number of ether oxygens (including phenoxy) is 1. The molecule has 0 saturated heterocycles. The van der Waals surface area contributed by atoms with Crippen LogP contribution < -0.4 is 15.4 Å². The average molecular weight is 326 g/mol. The fraction of sp³-hybridized carbons (Fsp3) is 0.350. The van der Waals surface area contributed by atoms with Gasteiger partial charge in [-0.2, -0.15) is 0 Å². The minimum absolute atomic E-state index is 0.161. The standard InChI is InChI=1S/C20H26N2O2/c1-15-13-17(3)19(14-16(15)2)24-12-11-22-20(23)21-10-9-18-7-5-4-6-8-18/h4-8,13-14H,9-12H2,1-3H3,(H2,21,22,23). The van der Waals surface area contributed by atoms with Crippen LogP contribution in [0.4, 0.5) is 4.79 Å². The summed E-state index contributed by atoms with van der Waals surface area (Å²) < 4.78 is 5.75. The highest BCUT2D eigenvalue weighted by atomic mass is 16.5. The molecular formula is C20H26N2O2. The van der Waals surface area contributed by atoms with E-state index in [1.807, 2.05) is 31.2 Å². The second kappa shape index (κ2) is 8.96. The van der Waals surface area contributed by atoms with Gasteiger partial charge in [-0.1, -0.05) is 36.4 Å². The molecule has 0 aliphatic rings. The molecule has 4 nitrogen and oxygen atoms in total. The molecule has 2 aromatic carbocycles. The van der Waals surface area contributed by atoms with Gasteiger partial charge in [-0.15, -0.1) is 0 Å². The topological polar surface area (TPSA) is 50.4 Å². The molecule has 0 aliphatic carbocycles. The number of rotatable bonds is 7. The lowest BCUT2D eigenvalue weighted by molar-refractivity contribution is 0.236. The number of nitrogens with one attached hydrogen (secondary N) is 2. The summed E-state index contributed by atoms with van der Waals surface area (Å²) >= 11 is 0. The maximum Gasteiger partial charge on any atom is 0.314 e. The summed E-state index contributed by atoms with van der Waals surface area (Å²) in [6.45, 7) is 7.74. The van der Waals surface area contributed by atoms with Crippen molar-refractivity contribution in [3.05, 3.63) is 64.7 Å². The van der Waals surface area contributed by atoms with Crippen molar-refractivity contribution in [2.24, 2.45) is 0 Å². The fourth-order valence-corrected chi connectivity index (χ4v) is 2.44. The highest BCUT2D eigenvalue weighted by molar-refractivity contribution is 5.73. The number of urea groups is 1. The molecule has 24 heavy (non-hydrogen) atoms. The van der Waals surface area contributed by atoms with Crippen LogP contribution in [0.15, 0.2) is 42.5 Å². The van der Waals surface area contributed by atoms with Gasteiger partial charge in [-0.3, -0.25) is 0 Å². The predicted molar refractivity (Wildman–Crippen MR) is 97.7 cm³/mol. The van der Waals surface area contributed by atoms with Crippen molar-refractivity contribution >= 4 is 6.03 Å². The molecule has 0 fully saturated rings. The Labute approximate surface area is 144 Å². The molecule has 2 rings (SSSR count). The smallest absolute Gasteiger partial charge is 0.314 e. The lowest BCUT2D eigenvalue weighted by Crippen LogP contribution is -2.38. The minimum Gasteiger partial charge on any atom is -0.491 e. The van der Waals surface area contributed by atoms with Gasteiger partial charge in [0.05, 0.1) is 6.54 Å². The number of hydrogen-bond donors (Lipinski definition) is 2. The van der Waals surface area contributed by atoms with Crippen molar-refractivity contribution in [3.63, 3.8) is 0 Å². The molecular weight excluding hydrogens is 300 g/mol. The molecule has 0 bridgehead atoms. The summed E-state index contributed by atoms with van der Waals surface area (Å²) in [4.78, 5) is 11.7. The zero-order chi connectivity index (χ0) is 17.4. The molecule has 0 heterocycles. The monoisotopic (exact) mass is 326 g/mol. The quantitative estimate of drug-likeness (QED) is 0.765. The van der Waals surface area contributed by atoms with E-state index in [9.17, 15) is 4.79 Å². The maximum atomic E-state index is 11.7. The van der Waals surface area contributed by atoms with Gasteiger partial charge in [0, 0.05) is 6.54 Å². The Kier molecular flexibility index (Phi) is 6.67. The Bertz CT molecular complexity index is 669. The lowest BCUT2D eigenvalue weighted by Gasteiger charge is -2.12. The van der Waals surface area contributed by atoms with Gasteiger partial charge < -0.3 is 15.4 Å². The zero-order valence-electron chi connectivity index (χ0n) is 14.7. The van der Waals surface area contributed by atoms with E-state index in [-0.39, 0.29) is 6.03 Å². The third-order valence-electron chi connectivity index (χ3n) is 3.98. The van der Waals surface area contributed by atoms with Crippen LogP contribution in [0.1, 0.15) is 22.3 Å². The Morgan fingerprint density at radius 1 is 0.917 bits per heavy atom. The number of benzene rings is 2. The van der Waals surface area contributed by atoms with Crippen LogP contribution in [-0.2, 0) is 6.42 Å². The van der Waals surface area contributed by atoms with Gasteiger partial charge in [0.2, 0.25) is 0 Å². The van der Waals surface area contributed by atoms with E-state index in [0.29, 0.717) is 19.7 Å². The van der Waals surface area contributed by atoms with Crippen molar-refractivity contribution in [1.82, 2.24) is 10.6 Å². The van der Waals surface area contributed by atoms with Gasteiger partial charge in [-0.25, -0.2) is 4.79 Å². The summed E-state index contributed by atoms with van der Waals surface area (Å²) in [6.07, 6.45) is 0.826. The van der Waals surface area contributed by atoms with E-state index in [1.165, 1.54) is 16.7 Å². The Hall–Kier alpha value is -2.49. The van der Waals surface area contributed by atoms with Gasteiger partial charge in [0.1, 0.15) is 12.4 Å². The molecule has 4 heteroatoms. The van der Waals surface area contributed by atoms with E-state index >= 15 is 0 Å². The van der Waals surface area contributed by atoms with E-state index in [2.05, 4.69) is 42.7 Å². The zero-order valence-corrected chi connectivity index (χ0v) is 14.7. The Balaban J connectivity index is 1.63. The van der Waals surface area contributed by atoms with Crippen molar-refractivity contribution in [1.29, 1.82) is 0 Å². The summed E-state index contributed by atoms with van der Waals surface area (Å²) in [5.74, 6) is 0.879. The molecule has 0 aromatic heterocycles. The molecule has 0 unspecified atom stereocenters. The molecule has 128 valence electrons. The number of aryl methyl sites for hydroxylation is 3. The molecule has 0 radical (unpaired) electrons. The van der Waals surface area contributed by atoms with Crippen LogP contribution >= 0.6 is 0 Å². The second-order valence-corrected chi connectivity index (χ2v) is 5.97. The van der Waals surface area contributed by atoms with Crippen molar-refractivity contribution in [3.8, 4) is 5.75 Å². The Morgan fingerprint density at radius 2 is 1.58 bits per heavy atom. The summed E-state index contributed by atoms with van der Waals surface area (Å²) in [6, 6.07) is 14.1. The van der Waals surface area contributed by atoms with Crippen molar-refractivity contribution in [2.45, 2.75) is 27.2 Å². The number of hydrogen-bond acceptors (Lipinski definition) is 2. The van der Waals surface area contributed by atoms with E-state index < -0.39 is 0 Å². The van der Waals surface area contributed by atoms with Crippen LogP contribution in [-0.4, -0.2) is 25.7 Å². The maximum absolute atomic E-state index is 11.7. The lowest BCUT2D eigenvalue weighted by atomic mass is 10.1. The summed E-state index contributed by atoms with van der Waals surface area (Å²) in [5, 5.41) is 5.66. The SMILES string of the molecule is Cc1cc(C)c(OCCNC(=O)NCCc2ccccc2)cc1C. The fourth-order valence-electron chi connectivity index (χ4n) is 2.44. The van der Waals surface area contributed by atoms with Crippen LogP contribution in [0.5, 0.6) is 5.75 Å². The van der Waals surface area contributed by atoms with Crippen molar-refractivity contribution < 1.29 is 9.53 Å². The highest BCUT2D eigenvalue weighted by Gasteiger charge is 2.04. The third kappa shape index (κ3) is 5.61. The molecule has 0 atom stereocenters. The van der Waals surface area contributed by atoms with Crippen LogP contribution in [0.2, 0.25) is 0 Å². The molecule has 2 aromatic rings. The minimum atomic E-state index is -0.161. The molecule has 2 N–H and O–H groups in total. The predicted octanol–water partition coefficient (Wildman–Crippen LogP) is 3.53. The van der Waals surface area contributed by atoms with E-state index in [1.54, 1.807) is 0 Å². The molecule has 0 aliphatic heterocycles. The Morgan fingerprint density at radius 3 is 2.33 bits per heavy atom. The van der Waals surface area contributed by atoms with E-state index in [4.69, 9.17) is 4.74 Å². The first-order valence-electron chi connectivity index (χ1n) is 8.32. The van der Waals surface area contributed by atoms with Crippen LogP contribution in [0.25, 0.3) is 0 Å².